The van der Waals surface area contributed by atoms with Crippen molar-refractivity contribution in [2.24, 2.45) is 0 Å². The maximum Gasteiger partial charge on any atom is 0.270 e. The number of hydrogen-bond donors (Lipinski definition) is 0. The van der Waals surface area contributed by atoms with Gasteiger partial charge in [-0.1, -0.05) is 0 Å². The molecule has 2 rings (SSSR count). The highest BCUT2D eigenvalue weighted by atomic mass is 79.9. The molecule has 1 aromatic heterocycles. The van der Waals surface area contributed by atoms with Gasteiger partial charge in [-0.05, 0) is 34.1 Å². The number of carbonyl (C=O) groups excluding carboxylic acids is 1. The van der Waals surface area contributed by atoms with Crippen molar-refractivity contribution in [1.82, 2.24) is 0 Å². The lowest BCUT2D eigenvalue weighted by Crippen LogP contribution is -2.03. The van der Waals surface area contributed by atoms with Gasteiger partial charge in [0.25, 0.3) is 5.69 Å². The largest absolute Gasteiger partial charge is 0.442 e. The number of nitrogens with zero attached hydrogens (tertiary/aromatic N) is 1. The van der Waals surface area contributed by atoms with E-state index in [0.29, 0.717) is 6.29 Å². The molecule has 0 spiro atoms. The summed E-state index contributed by atoms with van der Waals surface area (Å²) in [4.78, 5) is 20.2. The molecule has 0 unspecified atom stereocenters. The molecule has 7 nitrogen and oxygen atoms in total. The van der Waals surface area contributed by atoms with Crippen LogP contribution in [0.25, 0.3) is 0 Å². The molecule has 0 saturated heterocycles. The number of aldehydes is 1. The predicted molar refractivity (Wildman–Crippen MR) is 70.3 cm³/mol. The summed E-state index contributed by atoms with van der Waals surface area (Å²) in [5, 5.41) is 10.2. The van der Waals surface area contributed by atoms with E-state index in [1.165, 1.54) is 18.2 Å². The van der Waals surface area contributed by atoms with Gasteiger partial charge in [0.1, 0.15) is 0 Å². The first-order chi connectivity index (χ1) is 9.36. The predicted octanol–water partition coefficient (Wildman–Crippen LogP) is 2.60. The molecular weight excluding hydrogens is 354 g/mol. The van der Waals surface area contributed by atoms with Gasteiger partial charge in [-0.3, -0.25) is 14.9 Å². The van der Waals surface area contributed by atoms with Gasteiger partial charge < -0.3 is 4.42 Å². The summed E-state index contributed by atoms with van der Waals surface area (Å²) in [7, 11) is -4.09. The molecule has 0 amide bonds. The fourth-order valence-electron chi connectivity index (χ4n) is 1.46. The van der Waals surface area contributed by atoms with Crippen molar-refractivity contribution in [3.63, 3.8) is 0 Å². The fourth-order valence-corrected chi connectivity index (χ4v) is 3.62. The topological polar surface area (TPSA) is 107 Å². The van der Waals surface area contributed by atoms with Crippen molar-refractivity contribution in [3.8, 4) is 0 Å². The molecule has 0 saturated carbocycles. The standard InChI is InChI=1S/C11H6BrNO6S/c12-9-3-1-7(13(15)16)5-10(9)20(17,18)11-4-2-8(6-14)19-11/h1-6H. The Bertz CT molecular complexity index is 795. The molecule has 0 aliphatic heterocycles. The Balaban J connectivity index is 2.62. The van der Waals surface area contributed by atoms with E-state index >= 15 is 0 Å². The van der Waals surface area contributed by atoms with Crippen LogP contribution in [0.4, 0.5) is 5.69 Å². The molecular formula is C11H6BrNO6S. The number of nitro benzene ring substituents is 1. The van der Waals surface area contributed by atoms with E-state index in [9.17, 15) is 23.3 Å². The second-order valence-electron chi connectivity index (χ2n) is 3.65. The summed E-state index contributed by atoms with van der Waals surface area (Å²) < 4.78 is 29.6. The molecule has 1 heterocycles. The van der Waals surface area contributed by atoms with E-state index in [1.54, 1.807) is 0 Å². The lowest BCUT2D eigenvalue weighted by atomic mass is 10.3. The number of rotatable bonds is 4. The number of hydrogen-bond acceptors (Lipinski definition) is 6. The summed E-state index contributed by atoms with van der Waals surface area (Å²) in [6.07, 6.45) is 0.363. The molecule has 0 atom stereocenters. The van der Waals surface area contributed by atoms with Crippen LogP contribution in [0.15, 0.2) is 49.2 Å². The van der Waals surface area contributed by atoms with E-state index in [2.05, 4.69) is 15.9 Å². The van der Waals surface area contributed by atoms with Crippen LogP contribution in [0.1, 0.15) is 10.6 Å². The van der Waals surface area contributed by atoms with Gasteiger partial charge in [0.15, 0.2) is 12.0 Å². The van der Waals surface area contributed by atoms with E-state index < -0.39 is 19.9 Å². The Morgan fingerprint density at radius 1 is 1.25 bits per heavy atom. The summed E-state index contributed by atoms with van der Waals surface area (Å²) in [5.74, 6) is -0.148. The molecule has 0 radical (unpaired) electrons. The molecule has 0 fully saturated rings. The van der Waals surface area contributed by atoms with Crippen LogP contribution in [0.2, 0.25) is 0 Å². The van der Waals surface area contributed by atoms with Gasteiger partial charge in [-0.25, -0.2) is 8.42 Å². The minimum atomic E-state index is -4.09. The van der Waals surface area contributed by atoms with Crippen LogP contribution in [0.3, 0.4) is 0 Å². The monoisotopic (exact) mass is 359 g/mol. The van der Waals surface area contributed by atoms with Gasteiger partial charge in [0.05, 0.1) is 9.82 Å². The van der Waals surface area contributed by atoms with Crippen molar-refractivity contribution in [2.75, 3.05) is 0 Å². The summed E-state index contributed by atoms with van der Waals surface area (Å²) in [6, 6.07) is 5.66. The first-order valence-electron chi connectivity index (χ1n) is 5.10. The van der Waals surface area contributed by atoms with Crippen molar-refractivity contribution in [1.29, 1.82) is 0 Å². The first kappa shape index (κ1) is 14.4. The molecule has 0 N–H and O–H groups in total. The van der Waals surface area contributed by atoms with Crippen molar-refractivity contribution in [2.45, 2.75) is 9.99 Å². The first-order valence-corrected chi connectivity index (χ1v) is 7.38. The van der Waals surface area contributed by atoms with E-state index in [0.717, 1.165) is 12.1 Å². The second kappa shape index (κ2) is 5.17. The third-order valence-corrected chi connectivity index (χ3v) is 5.02. The van der Waals surface area contributed by atoms with Crippen LogP contribution in [-0.2, 0) is 9.84 Å². The number of nitro groups is 1. The minimum Gasteiger partial charge on any atom is -0.442 e. The quantitative estimate of drug-likeness (QED) is 0.471. The Morgan fingerprint density at radius 3 is 2.50 bits per heavy atom. The van der Waals surface area contributed by atoms with Gasteiger partial charge in [-0.2, -0.15) is 0 Å². The average Bonchev–Trinajstić information content (AvgIpc) is 2.88. The van der Waals surface area contributed by atoms with Gasteiger partial charge >= 0.3 is 0 Å². The smallest absolute Gasteiger partial charge is 0.270 e. The lowest BCUT2D eigenvalue weighted by Gasteiger charge is -2.03. The Kier molecular flexibility index (Phi) is 3.73. The number of halogens is 1. The fraction of sp³-hybridized carbons (Fsp3) is 0. The van der Waals surface area contributed by atoms with E-state index in [4.69, 9.17) is 4.42 Å². The van der Waals surface area contributed by atoms with Crippen LogP contribution in [0, 0.1) is 10.1 Å². The van der Waals surface area contributed by atoms with Crippen molar-refractivity contribution in [3.05, 3.63) is 50.7 Å². The molecule has 0 aliphatic rings. The molecule has 20 heavy (non-hydrogen) atoms. The summed E-state index contributed by atoms with van der Waals surface area (Å²) >= 11 is 3.02. The Labute approximate surface area is 121 Å². The minimum absolute atomic E-state index is 0.148. The number of benzene rings is 1. The van der Waals surface area contributed by atoms with Gasteiger partial charge in [0.2, 0.25) is 14.9 Å². The van der Waals surface area contributed by atoms with E-state index in [1.807, 2.05) is 0 Å². The Hall–Kier alpha value is -2.00. The highest BCUT2D eigenvalue weighted by molar-refractivity contribution is 9.10. The van der Waals surface area contributed by atoms with Crippen molar-refractivity contribution < 1.29 is 22.6 Å². The van der Waals surface area contributed by atoms with Gasteiger partial charge in [-0.15, -0.1) is 0 Å². The zero-order valence-corrected chi connectivity index (χ0v) is 12.0. The van der Waals surface area contributed by atoms with Crippen LogP contribution >= 0.6 is 15.9 Å². The highest BCUT2D eigenvalue weighted by Gasteiger charge is 2.26. The third kappa shape index (κ3) is 2.49. The molecule has 1 aromatic carbocycles. The van der Waals surface area contributed by atoms with E-state index in [-0.39, 0.29) is 20.8 Å². The SMILES string of the molecule is O=Cc1ccc(S(=O)(=O)c2cc([N+](=O)[O-])ccc2Br)o1. The number of sulfone groups is 1. The normalized spacial score (nSPS) is 11.2. The third-order valence-electron chi connectivity index (χ3n) is 2.40. The summed E-state index contributed by atoms with van der Waals surface area (Å²) in [6.45, 7) is 0. The van der Waals surface area contributed by atoms with Crippen LogP contribution < -0.4 is 0 Å². The number of non-ortho nitro benzene ring substituents is 1. The lowest BCUT2D eigenvalue weighted by molar-refractivity contribution is -0.385. The Morgan fingerprint density at radius 2 is 1.95 bits per heavy atom. The number of carbonyl (C=O) groups is 1. The van der Waals surface area contributed by atoms with Crippen LogP contribution in [-0.4, -0.2) is 19.6 Å². The maximum absolute atomic E-state index is 12.3. The molecule has 9 heteroatoms. The van der Waals surface area contributed by atoms with Crippen LogP contribution in [0.5, 0.6) is 0 Å². The number of furan rings is 1. The molecule has 0 bridgehead atoms. The molecule has 2 aromatic rings. The van der Waals surface area contributed by atoms with Gasteiger partial charge in [0, 0.05) is 16.6 Å². The average molecular weight is 360 g/mol. The zero-order chi connectivity index (χ0) is 14.9. The molecule has 0 aliphatic carbocycles. The summed E-state index contributed by atoms with van der Waals surface area (Å²) in [5.41, 5.74) is -0.367. The zero-order valence-electron chi connectivity index (χ0n) is 9.65. The second-order valence-corrected chi connectivity index (χ2v) is 6.35. The highest BCUT2D eigenvalue weighted by Crippen LogP contribution is 2.31. The molecule has 104 valence electrons. The van der Waals surface area contributed by atoms with Crippen molar-refractivity contribution >= 4 is 37.7 Å². The maximum atomic E-state index is 12.3.